The average Bonchev–Trinajstić information content (AvgIpc) is 2.25. The molecule has 1 heterocycles. The monoisotopic (exact) mass is 290 g/mol. The number of hydrogen-bond acceptors (Lipinski definition) is 7. The molecule has 1 rings (SSSR count). The van der Waals surface area contributed by atoms with E-state index in [1.165, 1.54) is 32.5 Å². The molecule has 0 aliphatic carbocycles. The number of carbonyl (C=O) groups is 3. The highest BCUT2D eigenvalue weighted by Crippen LogP contribution is 2.32. The van der Waals surface area contributed by atoms with Crippen molar-refractivity contribution in [1.29, 1.82) is 0 Å². The summed E-state index contributed by atoms with van der Waals surface area (Å²) in [6.07, 6.45) is -1.99. The van der Waals surface area contributed by atoms with Crippen molar-refractivity contribution < 1.29 is 28.6 Å². The SMILES string of the molecule is CC(=O)O[C@H]1[C@H](OC(C)=O)CSC(C)[C@@H]1OC(C)=O. The van der Waals surface area contributed by atoms with E-state index in [4.69, 9.17) is 14.2 Å². The molecule has 0 radical (unpaired) electrons. The molecule has 4 atom stereocenters. The standard InChI is InChI=1S/C12H18O6S/c1-6-11(17-8(3)14)12(18-9(4)15)10(5-19-6)16-7(2)13/h6,10-12H,5H2,1-4H3/t6?,10-,11+,12+/m1/s1. The van der Waals surface area contributed by atoms with E-state index in [-0.39, 0.29) is 5.25 Å². The van der Waals surface area contributed by atoms with Crippen molar-refractivity contribution in [2.24, 2.45) is 0 Å². The Labute approximate surface area is 116 Å². The van der Waals surface area contributed by atoms with Crippen molar-refractivity contribution >= 4 is 29.7 Å². The zero-order chi connectivity index (χ0) is 14.6. The van der Waals surface area contributed by atoms with Gasteiger partial charge in [0.15, 0.2) is 18.3 Å². The molecule has 1 fully saturated rings. The van der Waals surface area contributed by atoms with Crippen LogP contribution in [0.2, 0.25) is 0 Å². The van der Waals surface area contributed by atoms with Gasteiger partial charge in [-0.15, -0.1) is 0 Å². The van der Waals surface area contributed by atoms with Crippen molar-refractivity contribution in [3.63, 3.8) is 0 Å². The van der Waals surface area contributed by atoms with Gasteiger partial charge in [-0.3, -0.25) is 14.4 Å². The van der Waals surface area contributed by atoms with Crippen LogP contribution < -0.4 is 0 Å². The summed E-state index contributed by atoms with van der Waals surface area (Å²) in [7, 11) is 0. The lowest BCUT2D eigenvalue weighted by molar-refractivity contribution is -0.181. The Balaban J connectivity index is 2.89. The van der Waals surface area contributed by atoms with E-state index in [2.05, 4.69) is 0 Å². The molecule has 0 saturated carbocycles. The van der Waals surface area contributed by atoms with Crippen LogP contribution in [0.25, 0.3) is 0 Å². The van der Waals surface area contributed by atoms with Crippen LogP contribution >= 0.6 is 11.8 Å². The molecule has 1 unspecified atom stereocenters. The predicted octanol–water partition coefficient (Wildman–Crippen LogP) is 0.917. The largest absolute Gasteiger partial charge is 0.458 e. The molecule has 108 valence electrons. The van der Waals surface area contributed by atoms with Gasteiger partial charge in [-0.1, -0.05) is 0 Å². The minimum Gasteiger partial charge on any atom is -0.458 e. The summed E-state index contributed by atoms with van der Waals surface area (Å²) in [5.41, 5.74) is 0. The molecule has 0 aromatic rings. The molecule has 0 amide bonds. The normalized spacial score (nSPS) is 30.3. The van der Waals surface area contributed by atoms with Gasteiger partial charge in [0.1, 0.15) is 0 Å². The van der Waals surface area contributed by atoms with Gasteiger partial charge < -0.3 is 14.2 Å². The zero-order valence-electron chi connectivity index (χ0n) is 11.4. The molecular formula is C12H18O6S. The van der Waals surface area contributed by atoms with Crippen molar-refractivity contribution in [1.82, 2.24) is 0 Å². The van der Waals surface area contributed by atoms with E-state index in [0.717, 1.165) is 0 Å². The second-order valence-corrected chi connectivity index (χ2v) is 5.74. The second-order valence-electron chi connectivity index (χ2n) is 4.33. The van der Waals surface area contributed by atoms with Gasteiger partial charge in [-0.05, 0) is 6.92 Å². The summed E-state index contributed by atoms with van der Waals surface area (Å²) in [5, 5.41) is -0.0416. The van der Waals surface area contributed by atoms with Gasteiger partial charge in [0, 0.05) is 31.8 Å². The lowest BCUT2D eigenvalue weighted by Gasteiger charge is -2.39. The number of carbonyl (C=O) groups excluding carboxylic acids is 3. The van der Waals surface area contributed by atoms with Gasteiger partial charge in [0.05, 0.1) is 0 Å². The molecule has 7 heteroatoms. The van der Waals surface area contributed by atoms with Crippen LogP contribution in [-0.4, -0.2) is 47.2 Å². The zero-order valence-corrected chi connectivity index (χ0v) is 12.2. The van der Waals surface area contributed by atoms with Crippen LogP contribution in [0.3, 0.4) is 0 Å². The third-order valence-corrected chi connectivity index (χ3v) is 3.91. The predicted molar refractivity (Wildman–Crippen MR) is 68.6 cm³/mol. The Morgan fingerprint density at radius 3 is 1.84 bits per heavy atom. The van der Waals surface area contributed by atoms with E-state index in [1.54, 1.807) is 0 Å². The summed E-state index contributed by atoms with van der Waals surface area (Å²) in [6.45, 7) is 5.72. The van der Waals surface area contributed by atoms with E-state index >= 15 is 0 Å². The smallest absolute Gasteiger partial charge is 0.303 e. The van der Waals surface area contributed by atoms with Gasteiger partial charge in [-0.25, -0.2) is 0 Å². The van der Waals surface area contributed by atoms with Crippen molar-refractivity contribution in [3.8, 4) is 0 Å². The molecule has 0 aromatic heterocycles. The Morgan fingerprint density at radius 2 is 1.37 bits per heavy atom. The van der Waals surface area contributed by atoms with Gasteiger partial charge >= 0.3 is 17.9 Å². The molecule has 0 bridgehead atoms. The maximum absolute atomic E-state index is 11.2. The molecule has 6 nitrogen and oxygen atoms in total. The molecular weight excluding hydrogens is 272 g/mol. The van der Waals surface area contributed by atoms with Crippen LogP contribution in [0.15, 0.2) is 0 Å². The highest BCUT2D eigenvalue weighted by Gasteiger charge is 2.44. The Hall–Kier alpha value is -1.24. The highest BCUT2D eigenvalue weighted by molar-refractivity contribution is 8.00. The Kier molecular flexibility index (Phi) is 5.65. The lowest BCUT2D eigenvalue weighted by atomic mass is 10.0. The molecule has 0 spiro atoms. The highest BCUT2D eigenvalue weighted by atomic mass is 32.2. The quantitative estimate of drug-likeness (QED) is 0.564. The van der Waals surface area contributed by atoms with Gasteiger partial charge in [-0.2, -0.15) is 11.8 Å². The van der Waals surface area contributed by atoms with Crippen LogP contribution in [-0.2, 0) is 28.6 Å². The first-order valence-corrected chi connectivity index (χ1v) is 6.99. The third-order valence-electron chi connectivity index (χ3n) is 2.60. The Bertz CT molecular complexity index is 369. The van der Waals surface area contributed by atoms with Gasteiger partial charge in [0.2, 0.25) is 0 Å². The van der Waals surface area contributed by atoms with E-state index in [9.17, 15) is 14.4 Å². The number of ether oxygens (including phenoxy) is 3. The van der Waals surface area contributed by atoms with E-state index < -0.39 is 36.2 Å². The molecule has 0 N–H and O–H groups in total. The first-order chi connectivity index (χ1) is 8.81. The lowest BCUT2D eigenvalue weighted by Crippen LogP contribution is -2.53. The summed E-state index contributed by atoms with van der Waals surface area (Å²) in [6, 6.07) is 0. The summed E-state index contributed by atoms with van der Waals surface area (Å²) in [4.78, 5) is 33.4. The molecule has 0 aromatic carbocycles. The molecule has 1 saturated heterocycles. The second kappa shape index (κ2) is 6.79. The fraction of sp³-hybridized carbons (Fsp3) is 0.750. The van der Waals surface area contributed by atoms with Crippen LogP contribution in [0.5, 0.6) is 0 Å². The fourth-order valence-electron chi connectivity index (χ4n) is 1.92. The summed E-state index contributed by atoms with van der Waals surface area (Å²) < 4.78 is 15.5. The van der Waals surface area contributed by atoms with E-state index in [0.29, 0.717) is 5.75 Å². The molecule has 1 aliphatic rings. The van der Waals surface area contributed by atoms with Gasteiger partial charge in [0.25, 0.3) is 0 Å². The van der Waals surface area contributed by atoms with Crippen LogP contribution in [0.4, 0.5) is 0 Å². The fourth-order valence-corrected chi connectivity index (χ4v) is 3.07. The minimum atomic E-state index is -0.762. The number of rotatable bonds is 3. The number of hydrogen-bond donors (Lipinski definition) is 0. The topological polar surface area (TPSA) is 78.9 Å². The third kappa shape index (κ3) is 4.74. The van der Waals surface area contributed by atoms with Crippen LogP contribution in [0, 0.1) is 0 Å². The van der Waals surface area contributed by atoms with Crippen molar-refractivity contribution in [2.45, 2.75) is 51.3 Å². The first-order valence-electron chi connectivity index (χ1n) is 5.94. The maximum atomic E-state index is 11.2. The Morgan fingerprint density at radius 1 is 0.895 bits per heavy atom. The average molecular weight is 290 g/mol. The van der Waals surface area contributed by atoms with Crippen molar-refractivity contribution in [2.75, 3.05) is 5.75 Å². The number of esters is 3. The van der Waals surface area contributed by atoms with E-state index in [1.807, 2.05) is 6.92 Å². The summed E-state index contributed by atoms with van der Waals surface area (Å²) >= 11 is 1.50. The minimum absolute atomic E-state index is 0.0416. The van der Waals surface area contributed by atoms with Crippen molar-refractivity contribution in [3.05, 3.63) is 0 Å². The molecule has 1 aliphatic heterocycles. The number of thioether (sulfide) groups is 1. The maximum Gasteiger partial charge on any atom is 0.303 e. The first kappa shape index (κ1) is 15.8. The molecule has 19 heavy (non-hydrogen) atoms. The van der Waals surface area contributed by atoms with Crippen LogP contribution in [0.1, 0.15) is 27.7 Å². The summed E-state index contributed by atoms with van der Waals surface area (Å²) in [5.74, 6) is -0.924.